The molecule has 3 aromatic rings. The zero-order valence-corrected chi connectivity index (χ0v) is 19.3. The van der Waals surface area contributed by atoms with Crippen molar-refractivity contribution in [2.24, 2.45) is 4.99 Å². The summed E-state index contributed by atoms with van der Waals surface area (Å²) in [6, 6.07) is 16.1. The number of nitrogens with one attached hydrogen (secondary N) is 2. The van der Waals surface area contributed by atoms with Crippen LogP contribution in [-0.4, -0.2) is 24.6 Å². The van der Waals surface area contributed by atoms with Gasteiger partial charge in [-0.2, -0.15) is 0 Å². The van der Waals surface area contributed by atoms with Gasteiger partial charge in [-0.25, -0.2) is 4.98 Å². The number of aryl methyl sites for hydroxylation is 1. The number of oxazole rings is 1. The van der Waals surface area contributed by atoms with Crippen molar-refractivity contribution in [1.29, 1.82) is 0 Å². The van der Waals surface area contributed by atoms with Crippen LogP contribution >= 0.6 is 24.0 Å². The lowest BCUT2D eigenvalue weighted by molar-refractivity contribution is 0.340. The Bertz CT molecular complexity index is 923. The molecular weight excluding hydrogens is 479 g/mol. The predicted octanol–water partition coefficient (Wildman–Crippen LogP) is 4.53. The quantitative estimate of drug-likeness (QED) is 0.280. The highest BCUT2D eigenvalue weighted by Crippen LogP contribution is 2.19. The molecule has 0 fully saturated rings. The van der Waals surface area contributed by atoms with Crippen LogP contribution in [0.5, 0.6) is 5.75 Å². The van der Waals surface area contributed by atoms with Crippen LogP contribution in [-0.2, 0) is 13.1 Å². The maximum absolute atomic E-state index is 5.60. The molecular formula is C22H27IN4O2. The topological polar surface area (TPSA) is 71.7 Å². The zero-order chi connectivity index (χ0) is 19.8. The molecule has 7 heteroatoms. The molecule has 6 nitrogen and oxygen atoms in total. The van der Waals surface area contributed by atoms with Crippen molar-refractivity contribution in [3.8, 4) is 17.2 Å². The SMILES string of the molecule is CCOc1cccc(CNC(=NC)NCc2coc(-c3ccc(C)cc3)n2)c1.I. The van der Waals surface area contributed by atoms with Crippen molar-refractivity contribution in [3.05, 3.63) is 71.6 Å². The van der Waals surface area contributed by atoms with E-state index in [1.807, 2.05) is 55.5 Å². The first-order valence-corrected chi connectivity index (χ1v) is 9.35. The predicted molar refractivity (Wildman–Crippen MR) is 127 cm³/mol. The van der Waals surface area contributed by atoms with Crippen molar-refractivity contribution in [2.45, 2.75) is 26.9 Å². The summed E-state index contributed by atoms with van der Waals surface area (Å²) in [6.45, 7) is 5.86. The Kier molecular flexibility index (Phi) is 8.98. The summed E-state index contributed by atoms with van der Waals surface area (Å²) in [5.41, 5.74) is 4.11. The Balaban J connectivity index is 0.00000300. The average molecular weight is 506 g/mol. The van der Waals surface area contributed by atoms with Crippen molar-refractivity contribution in [3.63, 3.8) is 0 Å². The molecule has 29 heavy (non-hydrogen) atoms. The van der Waals surface area contributed by atoms with Gasteiger partial charge < -0.3 is 19.8 Å². The third-order valence-corrected chi connectivity index (χ3v) is 4.18. The minimum Gasteiger partial charge on any atom is -0.494 e. The van der Waals surface area contributed by atoms with Crippen molar-refractivity contribution in [2.75, 3.05) is 13.7 Å². The molecule has 0 atom stereocenters. The molecule has 2 N–H and O–H groups in total. The maximum atomic E-state index is 5.60. The van der Waals surface area contributed by atoms with Crippen LogP contribution in [0.4, 0.5) is 0 Å². The van der Waals surface area contributed by atoms with Gasteiger partial charge in [-0.3, -0.25) is 4.99 Å². The van der Waals surface area contributed by atoms with Gasteiger partial charge in [0.25, 0.3) is 0 Å². The highest BCUT2D eigenvalue weighted by Gasteiger charge is 2.07. The van der Waals surface area contributed by atoms with E-state index >= 15 is 0 Å². The number of ether oxygens (including phenoxy) is 1. The van der Waals surface area contributed by atoms with Gasteiger partial charge in [0.2, 0.25) is 5.89 Å². The Labute approximate surface area is 188 Å². The monoisotopic (exact) mass is 506 g/mol. The smallest absolute Gasteiger partial charge is 0.226 e. The lowest BCUT2D eigenvalue weighted by Gasteiger charge is -2.11. The summed E-state index contributed by atoms with van der Waals surface area (Å²) < 4.78 is 11.1. The second-order valence-corrected chi connectivity index (χ2v) is 6.37. The Morgan fingerprint density at radius 1 is 1.10 bits per heavy atom. The van der Waals surface area contributed by atoms with Crippen LogP contribution in [0.3, 0.4) is 0 Å². The lowest BCUT2D eigenvalue weighted by atomic mass is 10.1. The van der Waals surface area contributed by atoms with Crippen LogP contribution in [0.25, 0.3) is 11.5 Å². The largest absolute Gasteiger partial charge is 0.494 e. The van der Waals surface area contributed by atoms with Gasteiger partial charge in [-0.15, -0.1) is 24.0 Å². The van der Waals surface area contributed by atoms with E-state index in [9.17, 15) is 0 Å². The molecule has 1 heterocycles. The first-order chi connectivity index (χ1) is 13.7. The Morgan fingerprint density at radius 2 is 1.86 bits per heavy atom. The number of guanidine groups is 1. The van der Waals surface area contributed by atoms with E-state index in [-0.39, 0.29) is 24.0 Å². The van der Waals surface area contributed by atoms with Crippen molar-refractivity contribution in [1.82, 2.24) is 15.6 Å². The first-order valence-electron chi connectivity index (χ1n) is 9.35. The molecule has 2 aromatic carbocycles. The fourth-order valence-corrected chi connectivity index (χ4v) is 2.71. The molecule has 1 aromatic heterocycles. The van der Waals surface area contributed by atoms with Gasteiger partial charge in [0.05, 0.1) is 18.8 Å². The standard InChI is InChI=1S/C22H26N4O2.HI/c1-4-27-20-7-5-6-17(12-20)13-24-22(23-3)25-14-19-15-28-21(26-19)18-10-8-16(2)9-11-18;/h5-12,15H,4,13-14H2,1-3H3,(H2,23,24,25);1H. The first kappa shape index (κ1) is 22.7. The number of rotatable bonds is 7. The second-order valence-electron chi connectivity index (χ2n) is 6.37. The van der Waals surface area contributed by atoms with E-state index in [0.29, 0.717) is 31.5 Å². The molecule has 0 aliphatic rings. The van der Waals surface area contributed by atoms with Crippen LogP contribution in [0.15, 0.2) is 64.2 Å². The second kappa shape index (κ2) is 11.5. The molecule has 0 bridgehead atoms. The van der Waals surface area contributed by atoms with Gasteiger partial charge in [-0.05, 0) is 43.7 Å². The van der Waals surface area contributed by atoms with Gasteiger partial charge in [0.1, 0.15) is 12.0 Å². The van der Waals surface area contributed by atoms with Crippen molar-refractivity contribution >= 4 is 29.9 Å². The molecule has 0 amide bonds. The highest BCUT2D eigenvalue weighted by molar-refractivity contribution is 14.0. The summed E-state index contributed by atoms with van der Waals surface area (Å²) in [5.74, 6) is 2.19. The number of benzene rings is 2. The number of hydrogen-bond acceptors (Lipinski definition) is 4. The molecule has 0 spiro atoms. The summed E-state index contributed by atoms with van der Waals surface area (Å²) in [5, 5.41) is 6.55. The van der Waals surface area contributed by atoms with E-state index in [4.69, 9.17) is 9.15 Å². The third kappa shape index (κ3) is 6.77. The van der Waals surface area contributed by atoms with Crippen LogP contribution in [0.2, 0.25) is 0 Å². The van der Waals surface area contributed by atoms with Gasteiger partial charge in [0.15, 0.2) is 5.96 Å². The van der Waals surface area contributed by atoms with Gasteiger partial charge in [0, 0.05) is 19.2 Å². The molecule has 0 aliphatic carbocycles. The van der Waals surface area contributed by atoms with Crippen LogP contribution < -0.4 is 15.4 Å². The average Bonchev–Trinajstić information content (AvgIpc) is 3.18. The fourth-order valence-electron chi connectivity index (χ4n) is 2.71. The molecule has 0 unspecified atom stereocenters. The minimum absolute atomic E-state index is 0. The van der Waals surface area contributed by atoms with E-state index < -0.39 is 0 Å². The number of nitrogens with zero attached hydrogens (tertiary/aromatic N) is 2. The number of halogens is 1. The minimum atomic E-state index is 0. The summed E-state index contributed by atoms with van der Waals surface area (Å²) >= 11 is 0. The molecule has 0 radical (unpaired) electrons. The van der Waals surface area contributed by atoms with Crippen LogP contribution in [0.1, 0.15) is 23.7 Å². The third-order valence-electron chi connectivity index (χ3n) is 4.18. The Hall–Kier alpha value is -2.55. The van der Waals surface area contributed by atoms with Crippen LogP contribution in [0, 0.1) is 6.92 Å². The van der Waals surface area contributed by atoms with E-state index in [0.717, 1.165) is 22.6 Å². The molecule has 0 saturated heterocycles. The normalized spacial score (nSPS) is 10.9. The molecule has 0 aliphatic heterocycles. The van der Waals surface area contributed by atoms with Gasteiger partial charge in [-0.1, -0.05) is 29.8 Å². The lowest BCUT2D eigenvalue weighted by Crippen LogP contribution is -2.36. The van der Waals surface area contributed by atoms with Crippen molar-refractivity contribution < 1.29 is 9.15 Å². The van der Waals surface area contributed by atoms with E-state index in [1.165, 1.54) is 5.56 Å². The summed E-state index contributed by atoms with van der Waals surface area (Å²) in [7, 11) is 1.74. The van der Waals surface area contributed by atoms with E-state index in [1.54, 1.807) is 13.3 Å². The van der Waals surface area contributed by atoms with Gasteiger partial charge >= 0.3 is 0 Å². The summed E-state index contributed by atoms with van der Waals surface area (Å²) in [4.78, 5) is 8.79. The fraction of sp³-hybridized carbons (Fsp3) is 0.273. The molecule has 3 rings (SSSR count). The summed E-state index contributed by atoms with van der Waals surface area (Å²) in [6.07, 6.45) is 1.67. The zero-order valence-electron chi connectivity index (χ0n) is 16.9. The number of hydrogen-bond donors (Lipinski definition) is 2. The number of aliphatic imine (C=N–C) groups is 1. The molecule has 154 valence electrons. The maximum Gasteiger partial charge on any atom is 0.226 e. The number of aromatic nitrogens is 1. The van der Waals surface area contributed by atoms with E-state index in [2.05, 4.69) is 27.5 Å². The Morgan fingerprint density at radius 3 is 2.59 bits per heavy atom. The molecule has 0 saturated carbocycles. The highest BCUT2D eigenvalue weighted by atomic mass is 127.